The molecule has 2 aromatic heterocycles. The number of rotatable bonds is 7. The van der Waals surface area contributed by atoms with Crippen molar-refractivity contribution in [2.24, 2.45) is 0 Å². The SMILES string of the molecule is COC(=O)C[C@H](c1ccc(OC)c(OC)c1OC)c1c(O)nc2ccccn2c1=O. The summed E-state index contributed by atoms with van der Waals surface area (Å²) in [5.74, 6) is -0.994. The Bertz CT molecular complexity index is 1140. The molecule has 0 aliphatic heterocycles. The van der Waals surface area contributed by atoms with Gasteiger partial charge >= 0.3 is 5.97 Å². The molecule has 0 aliphatic carbocycles. The Morgan fingerprint density at radius 1 is 1.07 bits per heavy atom. The Balaban J connectivity index is 2.33. The molecule has 0 fully saturated rings. The average Bonchev–Trinajstić information content (AvgIpc) is 2.76. The fourth-order valence-electron chi connectivity index (χ4n) is 3.41. The molecule has 30 heavy (non-hydrogen) atoms. The fourth-order valence-corrected chi connectivity index (χ4v) is 3.41. The smallest absolute Gasteiger partial charge is 0.306 e. The van der Waals surface area contributed by atoms with Crippen molar-refractivity contribution >= 4 is 11.6 Å². The molecule has 3 aromatic rings. The summed E-state index contributed by atoms with van der Waals surface area (Å²) < 4.78 is 22.4. The second kappa shape index (κ2) is 8.73. The lowest BCUT2D eigenvalue weighted by atomic mass is 9.88. The second-order valence-corrected chi connectivity index (χ2v) is 6.34. The van der Waals surface area contributed by atoms with Gasteiger partial charge in [-0.2, -0.15) is 4.98 Å². The first-order valence-electron chi connectivity index (χ1n) is 9.02. The predicted molar refractivity (Wildman–Crippen MR) is 108 cm³/mol. The third kappa shape index (κ3) is 3.61. The number of carbonyl (C=O) groups excluding carboxylic acids is 1. The highest BCUT2D eigenvalue weighted by Crippen LogP contribution is 2.45. The minimum absolute atomic E-state index is 0.0605. The van der Waals surface area contributed by atoms with Crippen LogP contribution in [0.25, 0.3) is 5.65 Å². The van der Waals surface area contributed by atoms with Gasteiger partial charge < -0.3 is 24.1 Å². The van der Waals surface area contributed by atoms with Gasteiger partial charge in [0.1, 0.15) is 5.65 Å². The summed E-state index contributed by atoms with van der Waals surface area (Å²) in [4.78, 5) is 29.5. The van der Waals surface area contributed by atoms with Gasteiger partial charge in [0, 0.05) is 17.7 Å². The van der Waals surface area contributed by atoms with Crippen molar-refractivity contribution in [1.82, 2.24) is 9.38 Å². The first kappa shape index (κ1) is 21.0. The fraction of sp³-hybridized carbons (Fsp3) is 0.286. The Hall–Kier alpha value is -3.75. The topological polar surface area (TPSA) is 109 Å². The Morgan fingerprint density at radius 2 is 1.80 bits per heavy atom. The number of nitrogens with zero attached hydrogens (tertiary/aromatic N) is 2. The highest BCUT2D eigenvalue weighted by Gasteiger charge is 2.31. The van der Waals surface area contributed by atoms with E-state index in [-0.39, 0.29) is 23.4 Å². The zero-order valence-corrected chi connectivity index (χ0v) is 17.0. The van der Waals surface area contributed by atoms with Crippen LogP contribution in [-0.4, -0.2) is 48.9 Å². The van der Waals surface area contributed by atoms with Crippen LogP contribution < -0.4 is 19.8 Å². The summed E-state index contributed by atoms with van der Waals surface area (Å²) in [6.07, 6.45) is 1.31. The van der Waals surface area contributed by atoms with Crippen molar-refractivity contribution in [1.29, 1.82) is 0 Å². The van der Waals surface area contributed by atoms with E-state index in [0.29, 0.717) is 17.1 Å². The predicted octanol–water partition coefficient (Wildman–Crippen LogP) is 2.12. The van der Waals surface area contributed by atoms with Crippen LogP contribution in [0.15, 0.2) is 41.3 Å². The molecule has 0 aliphatic rings. The van der Waals surface area contributed by atoms with Crippen molar-refractivity contribution in [2.75, 3.05) is 28.4 Å². The third-order valence-corrected chi connectivity index (χ3v) is 4.81. The van der Waals surface area contributed by atoms with Crippen LogP contribution in [0.1, 0.15) is 23.5 Å². The molecule has 0 radical (unpaired) electrons. The number of hydrogen-bond donors (Lipinski definition) is 1. The molecule has 3 rings (SSSR count). The van der Waals surface area contributed by atoms with Gasteiger partial charge in [-0.25, -0.2) is 0 Å². The van der Waals surface area contributed by atoms with E-state index in [9.17, 15) is 14.7 Å². The maximum Gasteiger partial charge on any atom is 0.306 e. The lowest BCUT2D eigenvalue weighted by Gasteiger charge is -2.22. The Kier molecular flexibility index (Phi) is 6.10. The number of benzene rings is 1. The standard InChI is InChI=1S/C21H22N2O7/c1-27-14-9-8-12(18(29-3)19(14)30-4)13(11-16(24)28-2)17-20(25)22-15-7-5-6-10-23(15)21(17)26/h5-10,13,25H,11H2,1-4H3/t13-/m1/s1. The lowest BCUT2D eigenvalue weighted by molar-refractivity contribution is -0.140. The number of carbonyl (C=O) groups is 1. The molecule has 0 unspecified atom stereocenters. The Morgan fingerprint density at radius 3 is 2.43 bits per heavy atom. The summed E-state index contributed by atoms with van der Waals surface area (Å²) in [5.41, 5.74) is 0.143. The maximum absolute atomic E-state index is 13.2. The van der Waals surface area contributed by atoms with Gasteiger partial charge in [-0.1, -0.05) is 12.1 Å². The van der Waals surface area contributed by atoms with Gasteiger partial charge in [0.25, 0.3) is 5.56 Å². The van der Waals surface area contributed by atoms with Gasteiger partial charge in [0.15, 0.2) is 11.5 Å². The summed E-state index contributed by atoms with van der Waals surface area (Å²) in [5, 5.41) is 10.6. The molecule has 0 spiro atoms. The molecular formula is C21H22N2O7. The molecule has 0 saturated carbocycles. The Labute approximate surface area is 172 Å². The van der Waals surface area contributed by atoms with Crippen LogP contribution in [0, 0.1) is 0 Å². The summed E-state index contributed by atoms with van der Waals surface area (Å²) in [6.45, 7) is 0. The summed E-state index contributed by atoms with van der Waals surface area (Å²) in [6, 6.07) is 8.24. The van der Waals surface area contributed by atoms with Gasteiger partial charge in [0.2, 0.25) is 11.6 Å². The number of fused-ring (bicyclic) bond motifs is 1. The number of aromatic hydroxyl groups is 1. The molecule has 1 N–H and O–H groups in total. The molecule has 0 amide bonds. The molecule has 158 valence electrons. The number of hydrogen-bond acceptors (Lipinski definition) is 8. The monoisotopic (exact) mass is 414 g/mol. The van der Waals surface area contributed by atoms with Crippen molar-refractivity contribution in [2.45, 2.75) is 12.3 Å². The van der Waals surface area contributed by atoms with Crippen LogP contribution in [-0.2, 0) is 9.53 Å². The van der Waals surface area contributed by atoms with E-state index in [2.05, 4.69) is 4.98 Å². The van der Waals surface area contributed by atoms with E-state index in [1.807, 2.05) is 0 Å². The zero-order chi connectivity index (χ0) is 21.8. The number of pyridine rings is 1. The van der Waals surface area contributed by atoms with Gasteiger partial charge in [-0.3, -0.25) is 14.0 Å². The van der Waals surface area contributed by atoms with Crippen LogP contribution in [0.4, 0.5) is 0 Å². The minimum atomic E-state index is -0.913. The molecule has 2 heterocycles. The summed E-state index contributed by atoms with van der Waals surface area (Å²) in [7, 11) is 5.61. The van der Waals surface area contributed by atoms with Crippen LogP contribution in [0.2, 0.25) is 0 Å². The zero-order valence-electron chi connectivity index (χ0n) is 17.0. The lowest BCUT2D eigenvalue weighted by Crippen LogP contribution is -2.24. The third-order valence-electron chi connectivity index (χ3n) is 4.81. The van der Waals surface area contributed by atoms with E-state index < -0.39 is 23.3 Å². The number of methoxy groups -OCH3 is 4. The largest absolute Gasteiger partial charge is 0.493 e. The molecule has 1 aromatic carbocycles. The first-order valence-corrected chi connectivity index (χ1v) is 9.02. The highest BCUT2D eigenvalue weighted by molar-refractivity contribution is 5.72. The number of esters is 1. The van der Waals surface area contributed by atoms with Crippen LogP contribution >= 0.6 is 0 Å². The molecule has 9 heteroatoms. The number of ether oxygens (including phenoxy) is 4. The molecular weight excluding hydrogens is 392 g/mol. The van der Waals surface area contributed by atoms with Gasteiger partial charge in [-0.15, -0.1) is 0 Å². The van der Waals surface area contributed by atoms with Crippen molar-refractivity contribution in [3.05, 3.63) is 58.0 Å². The van der Waals surface area contributed by atoms with Crippen molar-refractivity contribution in [3.63, 3.8) is 0 Å². The molecule has 0 saturated heterocycles. The average molecular weight is 414 g/mol. The summed E-state index contributed by atoms with van der Waals surface area (Å²) >= 11 is 0. The molecule has 0 bridgehead atoms. The second-order valence-electron chi connectivity index (χ2n) is 6.34. The van der Waals surface area contributed by atoms with Crippen LogP contribution in [0.5, 0.6) is 23.1 Å². The molecule has 9 nitrogen and oxygen atoms in total. The maximum atomic E-state index is 13.2. The van der Waals surface area contributed by atoms with Crippen molar-refractivity contribution < 1.29 is 28.8 Å². The van der Waals surface area contributed by atoms with Crippen LogP contribution in [0.3, 0.4) is 0 Å². The number of aromatic nitrogens is 2. The van der Waals surface area contributed by atoms with Gasteiger partial charge in [0.05, 0.1) is 40.4 Å². The van der Waals surface area contributed by atoms with E-state index in [1.165, 1.54) is 39.0 Å². The highest BCUT2D eigenvalue weighted by atomic mass is 16.5. The van der Waals surface area contributed by atoms with E-state index in [4.69, 9.17) is 18.9 Å². The van der Waals surface area contributed by atoms with Crippen molar-refractivity contribution in [3.8, 4) is 23.1 Å². The van der Waals surface area contributed by atoms with E-state index in [0.717, 1.165) is 0 Å². The normalized spacial score (nSPS) is 11.7. The van der Waals surface area contributed by atoms with Gasteiger partial charge in [-0.05, 0) is 18.2 Å². The first-order chi connectivity index (χ1) is 14.5. The quantitative estimate of drug-likeness (QED) is 0.586. The minimum Gasteiger partial charge on any atom is -0.493 e. The van der Waals surface area contributed by atoms with E-state index in [1.54, 1.807) is 30.3 Å². The molecule has 1 atom stereocenters. The van der Waals surface area contributed by atoms with E-state index >= 15 is 0 Å².